The third-order valence-corrected chi connectivity index (χ3v) is 4.54. The van der Waals surface area contributed by atoms with E-state index in [9.17, 15) is 4.79 Å². The molecule has 1 unspecified atom stereocenters. The van der Waals surface area contributed by atoms with E-state index in [1.54, 1.807) is 0 Å². The molecule has 2 aliphatic rings. The Bertz CT molecular complexity index is 243. The van der Waals surface area contributed by atoms with Crippen LogP contribution in [-0.4, -0.2) is 29.8 Å². The molecular weight excluding hydrogens is 210 g/mol. The molecule has 0 bridgehead atoms. The molecule has 98 valence electrons. The molecule has 0 radical (unpaired) electrons. The highest BCUT2D eigenvalue weighted by molar-refractivity contribution is 5.83. The number of nitrogens with zero attached hydrogens (tertiary/aromatic N) is 1. The van der Waals surface area contributed by atoms with Gasteiger partial charge in [0.2, 0.25) is 0 Å². The topological polar surface area (TPSA) is 20.3 Å². The Morgan fingerprint density at radius 2 is 1.82 bits per heavy atom. The van der Waals surface area contributed by atoms with Crippen molar-refractivity contribution in [1.82, 2.24) is 4.90 Å². The van der Waals surface area contributed by atoms with Gasteiger partial charge in [0, 0.05) is 12.0 Å². The van der Waals surface area contributed by atoms with Crippen LogP contribution in [0.2, 0.25) is 0 Å². The largest absolute Gasteiger partial charge is 0.298 e. The minimum absolute atomic E-state index is 0.402. The minimum Gasteiger partial charge on any atom is -0.298 e. The number of ketones is 1. The van der Waals surface area contributed by atoms with Gasteiger partial charge in [0.1, 0.15) is 5.78 Å². The molecule has 2 fully saturated rings. The Balaban J connectivity index is 1.84. The molecule has 2 nitrogen and oxygen atoms in total. The molecule has 1 saturated carbocycles. The fourth-order valence-corrected chi connectivity index (χ4v) is 3.51. The molecule has 0 aromatic carbocycles. The predicted molar refractivity (Wildman–Crippen MR) is 71.1 cm³/mol. The molecule has 1 aliphatic heterocycles. The highest BCUT2D eigenvalue weighted by Gasteiger charge is 2.28. The second kappa shape index (κ2) is 6.53. The average molecular weight is 237 g/mol. The molecule has 0 spiro atoms. The first-order valence-electron chi connectivity index (χ1n) is 7.58. The van der Waals surface area contributed by atoms with Gasteiger partial charge in [-0.25, -0.2) is 0 Å². The van der Waals surface area contributed by atoms with E-state index >= 15 is 0 Å². The number of hydrogen-bond acceptors (Lipinski definition) is 2. The molecular formula is C15H27NO. The van der Waals surface area contributed by atoms with Crippen molar-refractivity contribution in [3.63, 3.8) is 0 Å². The maximum absolute atomic E-state index is 12.2. The molecule has 1 atom stereocenters. The van der Waals surface area contributed by atoms with Crippen LogP contribution in [-0.2, 0) is 4.79 Å². The van der Waals surface area contributed by atoms with Crippen LogP contribution in [0.25, 0.3) is 0 Å². The van der Waals surface area contributed by atoms with Crippen LogP contribution in [0.5, 0.6) is 0 Å². The molecule has 1 saturated heterocycles. The summed E-state index contributed by atoms with van der Waals surface area (Å²) in [6, 6.07) is 0.694. The van der Waals surface area contributed by atoms with Crippen LogP contribution in [0, 0.1) is 5.92 Å². The molecule has 0 amide bonds. The normalized spacial score (nSPS) is 27.5. The lowest BCUT2D eigenvalue weighted by molar-refractivity contribution is -0.124. The van der Waals surface area contributed by atoms with Gasteiger partial charge in [-0.3, -0.25) is 9.69 Å². The van der Waals surface area contributed by atoms with Crippen LogP contribution in [0.15, 0.2) is 0 Å². The molecule has 0 aromatic rings. The standard InChI is InChI=1S/C15H27NO/c1-2-7-14-10-5-6-11-16(14)12-15(17)13-8-3-4-9-13/h13-14H,2-12H2,1H3. The maximum Gasteiger partial charge on any atom is 0.149 e. The summed E-state index contributed by atoms with van der Waals surface area (Å²) >= 11 is 0. The van der Waals surface area contributed by atoms with Gasteiger partial charge in [0.15, 0.2) is 0 Å². The zero-order valence-corrected chi connectivity index (χ0v) is 11.3. The second-order valence-electron chi connectivity index (χ2n) is 5.86. The first-order valence-corrected chi connectivity index (χ1v) is 7.58. The third kappa shape index (κ3) is 3.54. The van der Waals surface area contributed by atoms with Gasteiger partial charge in [-0.2, -0.15) is 0 Å². The lowest BCUT2D eigenvalue weighted by Crippen LogP contribution is -2.43. The van der Waals surface area contributed by atoms with Crippen molar-refractivity contribution in [3.8, 4) is 0 Å². The lowest BCUT2D eigenvalue weighted by atomic mass is 9.96. The van der Waals surface area contributed by atoms with E-state index in [0.717, 1.165) is 25.9 Å². The van der Waals surface area contributed by atoms with Crippen molar-refractivity contribution in [2.75, 3.05) is 13.1 Å². The average Bonchev–Trinajstić information content (AvgIpc) is 2.85. The van der Waals surface area contributed by atoms with Gasteiger partial charge in [-0.15, -0.1) is 0 Å². The smallest absolute Gasteiger partial charge is 0.149 e. The zero-order chi connectivity index (χ0) is 12.1. The summed E-state index contributed by atoms with van der Waals surface area (Å²) in [7, 11) is 0. The fraction of sp³-hybridized carbons (Fsp3) is 0.933. The van der Waals surface area contributed by atoms with E-state index in [-0.39, 0.29) is 0 Å². The molecule has 2 rings (SSSR count). The molecule has 1 heterocycles. The van der Waals surface area contributed by atoms with Crippen molar-refractivity contribution in [3.05, 3.63) is 0 Å². The predicted octanol–water partition coefficient (Wildman–Crippen LogP) is 3.40. The van der Waals surface area contributed by atoms with Crippen LogP contribution >= 0.6 is 0 Å². The fourth-order valence-electron chi connectivity index (χ4n) is 3.51. The summed E-state index contributed by atoms with van der Waals surface area (Å²) < 4.78 is 0. The number of rotatable bonds is 5. The summed E-state index contributed by atoms with van der Waals surface area (Å²) in [5, 5.41) is 0. The van der Waals surface area contributed by atoms with Gasteiger partial charge in [-0.05, 0) is 38.6 Å². The SMILES string of the molecule is CCCC1CCCCN1CC(=O)C1CCCC1. The van der Waals surface area contributed by atoms with E-state index in [2.05, 4.69) is 11.8 Å². The molecule has 2 heteroatoms. The van der Waals surface area contributed by atoms with Gasteiger partial charge in [0.25, 0.3) is 0 Å². The van der Waals surface area contributed by atoms with Crippen LogP contribution in [0.3, 0.4) is 0 Å². The summed E-state index contributed by atoms with van der Waals surface area (Å²) in [6.45, 7) is 4.16. The number of carbonyl (C=O) groups excluding carboxylic acids is 1. The van der Waals surface area contributed by atoms with E-state index in [1.165, 1.54) is 44.9 Å². The van der Waals surface area contributed by atoms with E-state index in [1.807, 2.05) is 0 Å². The highest BCUT2D eigenvalue weighted by Crippen LogP contribution is 2.27. The number of carbonyl (C=O) groups is 1. The summed E-state index contributed by atoms with van der Waals surface area (Å²) in [5.41, 5.74) is 0. The maximum atomic E-state index is 12.2. The quantitative estimate of drug-likeness (QED) is 0.730. The molecule has 0 N–H and O–H groups in total. The molecule has 0 aromatic heterocycles. The Kier molecular flexibility index (Phi) is 5.02. The Hall–Kier alpha value is -0.370. The third-order valence-electron chi connectivity index (χ3n) is 4.54. The highest BCUT2D eigenvalue weighted by atomic mass is 16.1. The number of piperidine rings is 1. The van der Waals surface area contributed by atoms with Gasteiger partial charge in [0.05, 0.1) is 6.54 Å². The Labute approximate surface area is 106 Å². The molecule has 1 aliphatic carbocycles. The van der Waals surface area contributed by atoms with E-state index in [0.29, 0.717) is 17.7 Å². The Morgan fingerprint density at radius 1 is 1.12 bits per heavy atom. The summed E-state index contributed by atoms with van der Waals surface area (Å²) in [5.74, 6) is 0.935. The van der Waals surface area contributed by atoms with Gasteiger partial charge >= 0.3 is 0 Å². The monoisotopic (exact) mass is 237 g/mol. The van der Waals surface area contributed by atoms with E-state index < -0.39 is 0 Å². The Morgan fingerprint density at radius 3 is 2.53 bits per heavy atom. The van der Waals surface area contributed by atoms with Crippen molar-refractivity contribution in [2.24, 2.45) is 5.92 Å². The van der Waals surface area contributed by atoms with Crippen LogP contribution in [0.4, 0.5) is 0 Å². The van der Waals surface area contributed by atoms with Crippen molar-refractivity contribution in [2.45, 2.75) is 70.8 Å². The summed E-state index contributed by atoms with van der Waals surface area (Å²) in [4.78, 5) is 14.7. The van der Waals surface area contributed by atoms with Crippen LogP contribution < -0.4 is 0 Å². The number of hydrogen-bond donors (Lipinski definition) is 0. The zero-order valence-electron chi connectivity index (χ0n) is 11.3. The van der Waals surface area contributed by atoms with Gasteiger partial charge in [-0.1, -0.05) is 32.6 Å². The van der Waals surface area contributed by atoms with Crippen molar-refractivity contribution in [1.29, 1.82) is 0 Å². The van der Waals surface area contributed by atoms with Crippen LogP contribution in [0.1, 0.15) is 64.7 Å². The van der Waals surface area contributed by atoms with Crippen molar-refractivity contribution < 1.29 is 4.79 Å². The number of likely N-dealkylation sites (tertiary alicyclic amines) is 1. The first kappa shape index (κ1) is 13.1. The van der Waals surface area contributed by atoms with Crippen molar-refractivity contribution >= 4 is 5.78 Å². The van der Waals surface area contributed by atoms with E-state index in [4.69, 9.17) is 0 Å². The first-order chi connectivity index (χ1) is 8.31. The second-order valence-corrected chi connectivity index (χ2v) is 5.86. The van der Waals surface area contributed by atoms with Gasteiger partial charge < -0.3 is 0 Å². The summed E-state index contributed by atoms with van der Waals surface area (Å²) in [6.07, 6.45) is 11.3. The molecule has 17 heavy (non-hydrogen) atoms. The minimum atomic E-state index is 0.402. The number of Topliss-reactive ketones (excluding diaryl/α,β-unsaturated/α-hetero) is 1. The lowest BCUT2D eigenvalue weighted by Gasteiger charge is -2.35.